The van der Waals surface area contributed by atoms with Crippen LogP contribution in [0.2, 0.25) is 0 Å². The van der Waals surface area contributed by atoms with Crippen molar-refractivity contribution in [3.63, 3.8) is 0 Å². The number of nitrogens with zero attached hydrogens (tertiary/aromatic N) is 1. The molecule has 0 radical (unpaired) electrons. The summed E-state index contributed by atoms with van der Waals surface area (Å²) in [6.45, 7) is 4.13. The number of alkyl halides is 2. The Bertz CT molecular complexity index is 498. The van der Waals surface area contributed by atoms with E-state index in [2.05, 4.69) is 10.1 Å². The molecule has 2 N–H and O–H groups in total. The summed E-state index contributed by atoms with van der Waals surface area (Å²) in [7, 11) is 0. The van der Waals surface area contributed by atoms with Crippen molar-refractivity contribution in [1.29, 1.82) is 0 Å². The van der Waals surface area contributed by atoms with Crippen LogP contribution < -0.4 is 5.32 Å². The average Bonchev–Trinajstić information content (AvgIpc) is 2.56. The number of hydrogen-bond acceptors (Lipinski definition) is 5. The number of ether oxygens (including phenoxy) is 1. The first-order valence-corrected chi connectivity index (χ1v) is 9.54. The van der Waals surface area contributed by atoms with Gasteiger partial charge in [-0.3, -0.25) is 9.69 Å². The van der Waals surface area contributed by atoms with E-state index in [1.165, 1.54) is 6.92 Å². The van der Waals surface area contributed by atoms with Crippen LogP contribution in [0.15, 0.2) is 0 Å². The average molecular weight is 376 g/mol. The normalized spacial score (nSPS) is 29.3. The molecule has 0 aromatic heterocycles. The maximum atomic E-state index is 14.3. The van der Waals surface area contributed by atoms with Gasteiger partial charge in [0, 0.05) is 24.0 Å². The number of aliphatic carboxylic acids is 1. The van der Waals surface area contributed by atoms with Gasteiger partial charge in [-0.15, -0.1) is 0 Å². The SMILES string of the molecule is CCOC(=O)C(F)(F)C1CCCC(NC2CC(N(CC)CC(=O)O)C2)C1. The third kappa shape index (κ3) is 5.13. The van der Waals surface area contributed by atoms with E-state index in [9.17, 15) is 18.4 Å². The quantitative estimate of drug-likeness (QED) is 0.601. The highest BCUT2D eigenvalue weighted by Gasteiger charge is 2.50. The minimum absolute atomic E-state index is 0.0328. The number of esters is 1. The van der Waals surface area contributed by atoms with Crippen LogP contribution in [0.25, 0.3) is 0 Å². The van der Waals surface area contributed by atoms with Gasteiger partial charge in [0.05, 0.1) is 13.2 Å². The summed E-state index contributed by atoms with van der Waals surface area (Å²) < 4.78 is 33.1. The molecule has 0 heterocycles. The van der Waals surface area contributed by atoms with Crippen molar-refractivity contribution in [2.75, 3.05) is 19.7 Å². The van der Waals surface area contributed by atoms with Crippen LogP contribution in [-0.4, -0.2) is 65.7 Å². The van der Waals surface area contributed by atoms with E-state index in [0.717, 1.165) is 19.3 Å². The zero-order valence-electron chi connectivity index (χ0n) is 15.5. The van der Waals surface area contributed by atoms with E-state index in [-0.39, 0.29) is 37.7 Å². The number of carboxylic acid groups (broad SMARTS) is 1. The lowest BCUT2D eigenvalue weighted by atomic mass is 9.79. The van der Waals surface area contributed by atoms with Crippen molar-refractivity contribution >= 4 is 11.9 Å². The van der Waals surface area contributed by atoms with Crippen LogP contribution in [0.4, 0.5) is 8.78 Å². The fourth-order valence-corrected chi connectivity index (χ4v) is 4.09. The molecule has 2 saturated carbocycles. The molecule has 0 aromatic carbocycles. The van der Waals surface area contributed by atoms with Crippen LogP contribution in [0, 0.1) is 5.92 Å². The molecule has 0 aromatic rings. The van der Waals surface area contributed by atoms with Gasteiger partial charge in [-0.05, 0) is 45.6 Å². The molecule has 0 aliphatic heterocycles. The second kappa shape index (κ2) is 9.08. The van der Waals surface area contributed by atoms with Crippen molar-refractivity contribution in [2.24, 2.45) is 5.92 Å². The predicted octanol–water partition coefficient (Wildman–Crippen LogP) is 2.27. The van der Waals surface area contributed by atoms with E-state index >= 15 is 0 Å². The van der Waals surface area contributed by atoms with Gasteiger partial charge in [0.25, 0.3) is 0 Å². The summed E-state index contributed by atoms with van der Waals surface area (Å²) in [5.74, 6) is -6.66. The number of carboxylic acids is 1. The van der Waals surface area contributed by atoms with Crippen LogP contribution >= 0.6 is 0 Å². The highest BCUT2D eigenvalue weighted by atomic mass is 19.3. The number of carbonyl (C=O) groups excluding carboxylic acids is 1. The molecule has 0 spiro atoms. The van der Waals surface area contributed by atoms with E-state index in [0.29, 0.717) is 19.4 Å². The number of nitrogens with one attached hydrogen (secondary N) is 1. The Hall–Kier alpha value is -1.28. The predicted molar refractivity (Wildman–Crippen MR) is 92.2 cm³/mol. The van der Waals surface area contributed by atoms with Crippen molar-refractivity contribution in [2.45, 2.75) is 76.4 Å². The lowest BCUT2D eigenvalue weighted by molar-refractivity contribution is -0.182. The summed E-state index contributed by atoms with van der Waals surface area (Å²) in [6.07, 6.45) is 3.74. The maximum Gasteiger partial charge on any atom is 0.377 e. The molecule has 2 aliphatic carbocycles. The second-order valence-corrected chi connectivity index (χ2v) is 7.35. The molecule has 26 heavy (non-hydrogen) atoms. The summed E-state index contributed by atoms with van der Waals surface area (Å²) in [6, 6.07) is 0.423. The van der Waals surface area contributed by atoms with Gasteiger partial charge in [-0.1, -0.05) is 13.3 Å². The highest BCUT2D eigenvalue weighted by Crippen LogP contribution is 2.38. The van der Waals surface area contributed by atoms with Crippen LogP contribution in [0.3, 0.4) is 0 Å². The molecular formula is C18H30F2N2O4. The molecule has 2 aliphatic rings. The Morgan fingerprint density at radius 3 is 2.46 bits per heavy atom. The summed E-state index contributed by atoms with van der Waals surface area (Å²) in [4.78, 5) is 24.4. The third-order valence-electron chi connectivity index (χ3n) is 5.58. The van der Waals surface area contributed by atoms with Gasteiger partial charge in [0.15, 0.2) is 0 Å². The highest BCUT2D eigenvalue weighted by molar-refractivity contribution is 5.78. The van der Waals surface area contributed by atoms with Gasteiger partial charge in [-0.25, -0.2) is 4.79 Å². The Labute approximate surface area is 153 Å². The molecule has 0 bridgehead atoms. The monoisotopic (exact) mass is 376 g/mol. The molecule has 0 amide bonds. The van der Waals surface area contributed by atoms with Crippen molar-refractivity contribution < 1.29 is 28.2 Å². The van der Waals surface area contributed by atoms with Gasteiger partial charge in [0.2, 0.25) is 0 Å². The zero-order chi connectivity index (χ0) is 19.3. The van der Waals surface area contributed by atoms with E-state index in [1.807, 2.05) is 11.8 Å². The largest absolute Gasteiger partial charge is 0.480 e. The minimum atomic E-state index is -3.43. The van der Waals surface area contributed by atoms with Crippen LogP contribution in [0.1, 0.15) is 52.4 Å². The molecule has 8 heteroatoms. The maximum absolute atomic E-state index is 14.3. The molecule has 2 fully saturated rings. The summed E-state index contributed by atoms with van der Waals surface area (Å²) in [5, 5.41) is 12.4. The fraction of sp³-hybridized carbons (Fsp3) is 0.889. The number of halogens is 2. The molecule has 2 rings (SSSR count). The van der Waals surface area contributed by atoms with Crippen molar-refractivity contribution in [1.82, 2.24) is 10.2 Å². The molecule has 2 unspecified atom stereocenters. The minimum Gasteiger partial charge on any atom is -0.480 e. The lowest BCUT2D eigenvalue weighted by Crippen LogP contribution is -2.56. The van der Waals surface area contributed by atoms with Gasteiger partial charge in [-0.2, -0.15) is 8.78 Å². The molecule has 2 atom stereocenters. The summed E-state index contributed by atoms with van der Waals surface area (Å²) >= 11 is 0. The topological polar surface area (TPSA) is 78.9 Å². The number of likely N-dealkylation sites (N-methyl/N-ethyl adjacent to an activating group) is 1. The number of carbonyl (C=O) groups is 2. The Kier molecular flexibility index (Phi) is 7.34. The first-order valence-electron chi connectivity index (χ1n) is 9.54. The second-order valence-electron chi connectivity index (χ2n) is 7.35. The molecule has 0 saturated heterocycles. The first kappa shape index (κ1) is 21.0. The van der Waals surface area contributed by atoms with Gasteiger partial charge < -0.3 is 15.2 Å². The number of rotatable bonds is 9. The molecule has 150 valence electrons. The fourth-order valence-electron chi connectivity index (χ4n) is 4.09. The number of hydrogen-bond donors (Lipinski definition) is 2. The first-order chi connectivity index (χ1) is 12.3. The van der Waals surface area contributed by atoms with E-state index < -0.39 is 23.8 Å². The Morgan fingerprint density at radius 1 is 1.19 bits per heavy atom. The molecule has 6 nitrogen and oxygen atoms in total. The van der Waals surface area contributed by atoms with E-state index in [1.54, 1.807) is 0 Å². The van der Waals surface area contributed by atoms with Crippen LogP contribution in [0.5, 0.6) is 0 Å². The van der Waals surface area contributed by atoms with Gasteiger partial charge in [0.1, 0.15) is 0 Å². The van der Waals surface area contributed by atoms with E-state index in [4.69, 9.17) is 5.11 Å². The Morgan fingerprint density at radius 2 is 1.88 bits per heavy atom. The van der Waals surface area contributed by atoms with Crippen molar-refractivity contribution in [3.05, 3.63) is 0 Å². The van der Waals surface area contributed by atoms with Crippen LogP contribution in [-0.2, 0) is 14.3 Å². The smallest absolute Gasteiger partial charge is 0.377 e. The van der Waals surface area contributed by atoms with Gasteiger partial charge >= 0.3 is 17.9 Å². The zero-order valence-corrected chi connectivity index (χ0v) is 15.5. The third-order valence-corrected chi connectivity index (χ3v) is 5.58. The standard InChI is InChI=1S/C18H30F2N2O4/c1-3-22(11-16(23)24)15-9-14(10-15)21-13-7-5-6-12(8-13)18(19,20)17(25)26-4-2/h12-15,21H,3-11H2,1-2H3,(H,23,24). The lowest BCUT2D eigenvalue weighted by Gasteiger charge is -2.45. The Balaban J connectivity index is 1.81. The van der Waals surface area contributed by atoms with Crippen molar-refractivity contribution in [3.8, 4) is 0 Å². The molecular weight excluding hydrogens is 346 g/mol. The summed E-state index contributed by atoms with van der Waals surface area (Å²) in [5.41, 5.74) is 0.